The van der Waals surface area contributed by atoms with E-state index in [9.17, 15) is 9.18 Å². The maximum atomic E-state index is 13.7. The van der Waals surface area contributed by atoms with E-state index in [0.29, 0.717) is 28.9 Å². The molecule has 1 saturated heterocycles. The van der Waals surface area contributed by atoms with Gasteiger partial charge in [-0.1, -0.05) is 30.3 Å². The molecular formula is C21H19FN4O. The van der Waals surface area contributed by atoms with Crippen molar-refractivity contribution in [1.82, 2.24) is 14.9 Å². The molecule has 4 rings (SSSR count). The molecule has 0 saturated carbocycles. The number of anilines is 1. The molecule has 27 heavy (non-hydrogen) atoms. The largest absolute Gasteiger partial charge is 0.368 e. The number of carbonyl (C=O) groups is 1. The van der Waals surface area contributed by atoms with Crippen molar-refractivity contribution in [2.45, 2.75) is 18.9 Å². The summed E-state index contributed by atoms with van der Waals surface area (Å²) in [4.78, 5) is 23.4. The molecule has 6 heteroatoms. The van der Waals surface area contributed by atoms with Crippen molar-refractivity contribution >= 4 is 11.9 Å². The summed E-state index contributed by atoms with van der Waals surface area (Å²) >= 11 is 0. The highest BCUT2D eigenvalue weighted by molar-refractivity contribution is 5.94. The number of likely N-dealkylation sites (tertiary alicyclic amines) is 1. The van der Waals surface area contributed by atoms with E-state index in [2.05, 4.69) is 9.97 Å². The Morgan fingerprint density at radius 1 is 1.15 bits per heavy atom. The maximum Gasteiger partial charge on any atom is 0.254 e. The molecule has 136 valence electrons. The van der Waals surface area contributed by atoms with E-state index in [1.165, 1.54) is 12.1 Å². The Bertz CT molecular complexity index is 977. The lowest BCUT2D eigenvalue weighted by molar-refractivity contribution is 0.0733. The van der Waals surface area contributed by atoms with Gasteiger partial charge in [-0.15, -0.1) is 0 Å². The van der Waals surface area contributed by atoms with E-state index >= 15 is 0 Å². The number of hydrogen-bond acceptors (Lipinski definition) is 4. The van der Waals surface area contributed by atoms with Gasteiger partial charge in [0.05, 0.1) is 11.7 Å². The van der Waals surface area contributed by atoms with Gasteiger partial charge in [0.15, 0.2) is 0 Å². The highest BCUT2D eigenvalue weighted by atomic mass is 19.1. The minimum Gasteiger partial charge on any atom is -0.368 e. The van der Waals surface area contributed by atoms with Crippen LogP contribution in [0.5, 0.6) is 0 Å². The van der Waals surface area contributed by atoms with E-state index in [1.807, 2.05) is 23.1 Å². The Morgan fingerprint density at radius 3 is 2.74 bits per heavy atom. The predicted molar refractivity (Wildman–Crippen MR) is 101 cm³/mol. The summed E-state index contributed by atoms with van der Waals surface area (Å²) < 4.78 is 13.7. The normalized spacial score (nSPS) is 16.5. The lowest BCUT2D eigenvalue weighted by Crippen LogP contribution is -2.31. The van der Waals surface area contributed by atoms with Crippen molar-refractivity contribution in [2.75, 3.05) is 12.3 Å². The van der Waals surface area contributed by atoms with Crippen LogP contribution in [0, 0.1) is 5.82 Å². The summed E-state index contributed by atoms with van der Waals surface area (Å²) in [5.41, 5.74) is 8.50. The summed E-state index contributed by atoms with van der Waals surface area (Å²) in [6.07, 6.45) is 3.25. The van der Waals surface area contributed by atoms with Crippen LogP contribution >= 0.6 is 0 Å². The first kappa shape index (κ1) is 17.1. The summed E-state index contributed by atoms with van der Waals surface area (Å²) in [6.45, 7) is 0.644. The van der Waals surface area contributed by atoms with Crippen LogP contribution in [-0.2, 0) is 0 Å². The van der Waals surface area contributed by atoms with Gasteiger partial charge in [-0.25, -0.2) is 14.4 Å². The monoisotopic (exact) mass is 362 g/mol. The van der Waals surface area contributed by atoms with Crippen LogP contribution in [0.2, 0.25) is 0 Å². The van der Waals surface area contributed by atoms with Crippen LogP contribution in [0.15, 0.2) is 60.8 Å². The number of carbonyl (C=O) groups excluding carboxylic acids is 1. The quantitative estimate of drug-likeness (QED) is 0.768. The number of amides is 1. The van der Waals surface area contributed by atoms with Crippen LogP contribution in [-0.4, -0.2) is 27.3 Å². The topological polar surface area (TPSA) is 72.1 Å². The Labute approximate surface area is 156 Å². The van der Waals surface area contributed by atoms with E-state index in [1.54, 1.807) is 30.5 Å². The van der Waals surface area contributed by atoms with E-state index in [-0.39, 0.29) is 23.7 Å². The second-order valence-electron chi connectivity index (χ2n) is 6.56. The molecule has 2 N–H and O–H groups in total. The van der Waals surface area contributed by atoms with Gasteiger partial charge in [0.25, 0.3) is 5.91 Å². The number of halogens is 1. The van der Waals surface area contributed by atoms with Gasteiger partial charge >= 0.3 is 0 Å². The van der Waals surface area contributed by atoms with E-state index in [4.69, 9.17) is 5.73 Å². The van der Waals surface area contributed by atoms with Crippen molar-refractivity contribution in [3.05, 3.63) is 77.9 Å². The summed E-state index contributed by atoms with van der Waals surface area (Å²) in [5, 5.41) is 0. The molecule has 2 heterocycles. The Hall–Kier alpha value is -3.28. The first-order chi connectivity index (χ1) is 13.1. The molecular weight excluding hydrogens is 343 g/mol. The third-order valence-electron chi connectivity index (χ3n) is 4.82. The average molecular weight is 362 g/mol. The smallest absolute Gasteiger partial charge is 0.254 e. The first-order valence-electron chi connectivity index (χ1n) is 8.88. The molecule has 0 unspecified atom stereocenters. The van der Waals surface area contributed by atoms with Crippen molar-refractivity contribution in [3.63, 3.8) is 0 Å². The molecule has 1 atom stereocenters. The number of nitrogen functional groups attached to an aromatic ring is 1. The molecule has 3 aromatic rings. The molecule has 1 aromatic heterocycles. The first-order valence-corrected chi connectivity index (χ1v) is 8.88. The van der Waals surface area contributed by atoms with Gasteiger partial charge in [0.2, 0.25) is 5.95 Å². The minimum atomic E-state index is -0.334. The fourth-order valence-corrected chi connectivity index (χ4v) is 3.58. The lowest BCUT2D eigenvalue weighted by atomic mass is 9.99. The zero-order valence-corrected chi connectivity index (χ0v) is 14.7. The molecule has 0 bridgehead atoms. The van der Waals surface area contributed by atoms with Crippen LogP contribution in [0.1, 0.15) is 34.9 Å². The molecule has 2 aromatic carbocycles. The molecule has 1 amide bonds. The number of aromatic nitrogens is 2. The van der Waals surface area contributed by atoms with Gasteiger partial charge in [-0.2, -0.15) is 0 Å². The van der Waals surface area contributed by atoms with Crippen molar-refractivity contribution in [1.29, 1.82) is 0 Å². The minimum absolute atomic E-state index is 0.0412. The van der Waals surface area contributed by atoms with E-state index in [0.717, 1.165) is 12.8 Å². The lowest BCUT2D eigenvalue weighted by Gasteiger charge is -2.26. The third-order valence-corrected chi connectivity index (χ3v) is 4.82. The molecule has 0 spiro atoms. The van der Waals surface area contributed by atoms with Crippen molar-refractivity contribution in [3.8, 4) is 11.1 Å². The number of nitrogens with two attached hydrogens (primary N) is 1. The van der Waals surface area contributed by atoms with Gasteiger partial charge in [0.1, 0.15) is 5.82 Å². The van der Waals surface area contributed by atoms with Gasteiger partial charge in [0, 0.05) is 23.9 Å². The second-order valence-corrected chi connectivity index (χ2v) is 6.56. The van der Waals surface area contributed by atoms with Crippen molar-refractivity contribution in [2.24, 2.45) is 0 Å². The van der Waals surface area contributed by atoms with Gasteiger partial charge in [-0.3, -0.25) is 4.79 Å². The number of nitrogens with zero attached hydrogens (tertiary/aromatic N) is 3. The number of hydrogen-bond donors (Lipinski definition) is 1. The summed E-state index contributed by atoms with van der Waals surface area (Å²) in [7, 11) is 0. The Morgan fingerprint density at radius 2 is 1.96 bits per heavy atom. The third kappa shape index (κ3) is 3.38. The molecule has 0 aliphatic carbocycles. The molecule has 1 aliphatic heterocycles. The molecule has 5 nitrogen and oxygen atoms in total. The van der Waals surface area contributed by atoms with Crippen LogP contribution < -0.4 is 5.73 Å². The zero-order chi connectivity index (χ0) is 18.8. The van der Waals surface area contributed by atoms with Crippen molar-refractivity contribution < 1.29 is 9.18 Å². The highest BCUT2D eigenvalue weighted by Gasteiger charge is 2.33. The second kappa shape index (κ2) is 7.15. The van der Waals surface area contributed by atoms with Crippen LogP contribution in [0.4, 0.5) is 10.3 Å². The summed E-state index contributed by atoms with van der Waals surface area (Å²) in [6, 6.07) is 15.2. The molecule has 0 radical (unpaired) electrons. The maximum absolute atomic E-state index is 13.7. The number of benzene rings is 2. The fraction of sp³-hybridized carbons (Fsp3) is 0.190. The predicted octanol–water partition coefficient (Wildman–Crippen LogP) is 3.84. The Balaban J connectivity index is 1.76. The molecule has 1 fully saturated rings. The van der Waals surface area contributed by atoms with Crippen LogP contribution in [0.25, 0.3) is 11.1 Å². The summed E-state index contributed by atoms with van der Waals surface area (Å²) in [5.74, 6) is -0.233. The molecule has 1 aliphatic rings. The van der Waals surface area contributed by atoms with Gasteiger partial charge in [-0.05, 0) is 42.7 Å². The number of rotatable bonds is 3. The fourth-order valence-electron chi connectivity index (χ4n) is 3.58. The van der Waals surface area contributed by atoms with Crippen LogP contribution in [0.3, 0.4) is 0 Å². The van der Waals surface area contributed by atoms with Gasteiger partial charge < -0.3 is 10.6 Å². The average Bonchev–Trinajstić information content (AvgIpc) is 3.17. The SMILES string of the molecule is Nc1ncc(-c2cccc(F)c2)c([C@@H]2CCCN2C(=O)c2ccccc2)n1. The standard InChI is InChI=1S/C21H19FN4O/c22-16-9-4-8-15(12-16)17-13-24-21(23)25-19(17)18-10-5-11-26(18)20(27)14-6-2-1-3-7-14/h1-4,6-9,12-13,18H,5,10-11H2,(H2,23,24,25)/t18-/m0/s1. The zero-order valence-electron chi connectivity index (χ0n) is 14.7. The van der Waals surface area contributed by atoms with E-state index < -0.39 is 0 Å². The highest BCUT2D eigenvalue weighted by Crippen LogP contribution is 2.37. The Kier molecular flexibility index (Phi) is 4.54.